The van der Waals surface area contributed by atoms with E-state index in [0.29, 0.717) is 16.5 Å². The number of hydrogen-bond donors (Lipinski definition) is 1. The van der Waals surface area contributed by atoms with Gasteiger partial charge >= 0.3 is 0 Å². The quantitative estimate of drug-likeness (QED) is 0.923. The van der Waals surface area contributed by atoms with Gasteiger partial charge in [-0.2, -0.15) is 0 Å². The maximum absolute atomic E-state index is 12.2. The second-order valence-electron chi connectivity index (χ2n) is 4.08. The van der Waals surface area contributed by atoms with Crippen LogP contribution in [0.3, 0.4) is 0 Å². The predicted octanol–water partition coefficient (Wildman–Crippen LogP) is 1.81. The Balaban J connectivity index is 2.20. The average Bonchev–Trinajstić information content (AvgIpc) is 2.86. The minimum absolute atomic E-state index is 0.226. The molecule has 0 spiro atoms. The highest BCUT2D eigenvalue weighted by atomic mass is 32.1. The van der Waals surface area contributed by atoms with E-state index in [1.54, 1.807) is 23.2 Å². The molecule has 0 bridgehead atoms. The molecule has 2 heterocycles. The van der Waals surface area contributed by atoms with Crippen LogP contribution >= 0.6 is 11.3 Å². The van der Waals surface area contributed by atoms with Crippen LogP contribution < -0.4 is 10.2 Å². The molecule has 19 heavy (non-hydrogen) atoms. The molecule has 0 atom stereocenters. The van der Waals surface area contributed by atoms with Crippen molar-refractivity contribution in [2.75, 3.05) is 24.3 Å². The summed E-state index contributed by atoms with van der Waals surface area (Å²) in [6.45, 7) is 2.00. The summed E-state index contributed by atoms with van der Waals surface area (Å²) in [5.74, 6) is 0.399. The predicted molar refractivity (Wildman–Crippen MR) is 75.8 cm³/mol. The fraction of sp³-hybridized carbons (Fsp3) is 0.333. The molecule has 100 valence electrons. The Hall–Kier alpha value is -2.02. The van der Waals surface area contributed by atoms with Gasteiger partial charge in [0.15, 0.2) is 0 Å². The summed E-state index contributed by atoms with van der Waals surface area (Å²) in [5.41, 5.74) is 0.515. The number of pyridine rings is 1. The number of nitrogens with zero attached hydrogens (tertiary/aromatic N) is 4. The summed E-state index contributed by atoms with van der Waals surface area (Å²) >= 11 is 1.38. The molecule has 2 rings (SSSR count). The van der Waals surface area contributed by atoms with Crippen LogP contribution in [0.5, 0.6) is 0 Å². The van der Waals surface area contributed by atoms with Crippen LogP contribution in [0.4, 0.5) is 10.9 Å². The number of aryl methyl sites for hydroxylation is 1. The summed E-state index contributed by atoms with van der Waals surface area (Å²) in [4.78, 5) is 18.2. The molecule has 1 amide bonds. The number of rotatable bonds is 4. The second kappa shape index (κ2) is 5.75. The maximum Gasteiger partial charge on any atom is 0.261 e. The standard InChI is InChI=1S/C12H15N5OS/c1-4-9-15-16-12(19-9)14-11(18)8-6-5-7-13-10(8)17(2)3/h5-7H,4H2,1-3H3,(H,14,16,18). The van der Waals surface area contributed by atoms with E-state index in [-0.39, 0.29) is 5.91 Å². The van der Waals surface area contributed by atoms with Gasteiger partial charge in [0.2, 0.25) is 5.13 Å². The molecule has 0 aliphatic rings. The van der Waals surface area contributed by atoms with Gasteiger partial charge in [-0.15, -0.1) is 10.2 Å². The number of carbonyl (C=O) groups is 1. The third-order valence-corrected chi connectivity index (χ3v) is 3.43. The number of carbonyl (C=O) groups excluding carboxylic acids is 1. The molecule has 0 aromatic carbocycles. The van der Waals surface area contributed by atoms with Crippen LogP contribution in [-0.4, -0.2) is 35.2 Å². The summed E-state index contributed by atoms with van der Waals surface area (Å²) in [7, 11) is 3.69. The summed E-state index contributed by atoms with van der Waals surface area (Å²) < 4.78 is 0. The molecular formula is C12H15N5OS. The first kappa shape index (κ1) is 13.4. The van der Waals surface area contributed by atoms with Gasteiger partial charge in [-0.25, -0.2) is 4.98 Å². The largest absolute Gasteiger partial charge is 0.362 e. The monoisotopic (exact) mass is 277 g/mol. The van der Waals surface area contributed by atoms with Gasteiger partial charge < -0.3 is 4.90 Å². The Morgan fingerprint density at radius 1 is 1.42 bits per heavy atom. The van der Waals surface area contributed by atoms with E-state index >= 15 is 0 Å². The molecule has 2 aromatic heterocycles. The highest BCUT2D eigenvalue weighted by Gasteiger charge is 2.15. The Morgan fingerprint density at radius 3 is 2.84 bits per heavy atom. The van der Waals surface area contributed by atoms with Gasteiger partial charge in [0.1, 0.15) is 10.8 Å². The van der Waals surface area contributed by atoms with E-state index in [4.69, 9.17) is 0 Å². The van der Waals surface area contributed by atoms with E-state index in [1.807, 2.05) is 21.0 Å². The summed E-state index contributed by atoms with van der Waals surface area (Å²) in [6.07, 6.45) is 2.47. The lowest BCUT2D eigenvalue weighted by Gasteiger charge is -2.14. The Kier molecular flexibility index (Phi) is 4.06. The normalized spacial score (nSPS) is 10.3. The van der Waals surface area contributed by atoms with Crippen molar-refractivity contribution in [2.24, 2.45) is 0 Å². The van der Waals surface area contributed by atoms with Crippen molar-refractivity contribution in [1.82, 2.24) is 15.2 Å². The highest BCUT2D eigenvalue weighted by molar-refractivity contribution is 7.15. The zero-order valence-corrected chi connectivity index (χ0v) is 11.9. The first-order valence-corrected chi connectivity index (χ1v) is 6.69. The van der Waals surface area contributed by atoms with E-state index in [9.17, 15) is 4.79 Å². The molecule has 0 saturated carbocycles. The maximum atomic E-state index is 12.2. The minimum Gasteiger partial charge on any atom is -0.362 e. The fourth-order valence-corrected chi connectivity index (χ4v) is 2.22. The van der Waals surface area contributed by atoms with Crippen molar-refractivity contribution < 1.29 is 4.79 Å². The molecule has 2 aromatic rings. The van der Waals surface area contributed by atoms with Gasteiger partial charge in [0, 0.05) is 20.3 Å². The molecule has 6 nitrogen and oxygen atoms in total. The fourth-order valence-electron chi connectivity index (χ4n) is 1.54. The van der Waals surface area contributed by atoms with Gasteiger partial charge in [0.25, 0.3) is 5.91 Å². The first-order valence-electron chi connectivity index (χ1n) is 5.88. The van der Waals surface area contributed by atoms with E-state index in [2.05, 4.69) is 20.5 Å². The van der Waals surface area contributed by atoms with Gasteiger partial charge in [-0.05, 0) is 18.6 Å². The Labute approximate surface area is 115 Å². The molecule has 7 heteroatoms. The van der Waals surface area contributed by atoms with Crippen LogP contribution in [0, 0.1) is 0 Å². The van der Waals surface area contributed by atoms with E-state index in [0.717, 1.165) is 11.4 Å². The molecule has 0 fully saturated rings. The molecule has 0 aliphatic heterocycles. The van der Waals surface area contributed by atoms with Crippen LogP contribution in [-0.2, 0) is 6.42 Å². The molecule has 1 N–H and O–H groups in total. The van der Waals surface area contributed by atoms with Crippen molar-refractivity contribution in [3.05, 3.63) is 28.9 Å². The topological polar surface area (TPSA) is 71.0 Å². The van der Waals surface area contributed by atoms with Crippen LogP contribution in [0.15, 0.2) is 18.3 Å². The van der Waals surface area contributed by atoms with Gasteiger partial charge in [-0.3, -0.25) is 10.1 Å². The van der Waals surface area contributed by atoms with Crippen LogP contribution in [0.1, 0.15) is 22.3 Å². The van der Waals surface area contributed by atoms with Crippen molar-refractivity contribution in [2.45, 2.75) is 13.3 Å². The summed E-state index contributed by atoms with van der Waals surface area (Å²) in [5, 5.41) is 12.1. The minimum atomic E-state index is -0.226. The Morgan fingerprint density at radius 2 is 2.21 bits per heavy atom. The lowest BCUT2D eigenvalue weighted by Crippen LogP contribution is -2.19. The second-order valence-corrected chi connectivity index (χ2v) is 5.14. The molecule has 0 unspecified atom stereocenters. The highest BCUT2D eigenvalue weighted by Crippen LogP contribution is 2.19. The third-order valence-electron chi connectivity index (χ3n) is 2.44. The number of nitrogens with one attached hydrogen (secondary N) is 1. The number of amides is 1. The van der Waals surface area contributed by atoms with Crippen LogP contribution in [0.2, 0.25) is 0 Å². The van der Waals surface area contributed by atoms with Gasteiger partial charge in [-0.1, -0.05) is 18.3 Å². The lowest BCUT2D eigenvalue weighted by molar-refractivity contribution is 0.102. The van der Waals surface area contributed by atoms with Crippen LogP contribution in [0.25, 0.3) is 0 Å². The average molecular weight is 277 g/mol. The van der Waals surface area contributed by atoms with E-state index < -0.39 is 0 Å². The smallest absolute Gasteiger partial charge is 0.261 e. The zero-order chi connectivity index (χ0) is 13.8. The number of aromatic nitrogens is 3. The van der Waals surface area contributed by atoms with Crippen molar-refractivity contribution in [1.29, 1.82) is 0 Å². The molecular weight excluding hydrogens is 262 g/mol. The SMILES string of the molecule is CCc1nnc(NC(=O)c2cccnc2N(C)C)s1. The zero-order valence-electron chi connectivity index (χ0n) is 11.0. The first-order chi connectivity index (χ1) is 9.11. The number of anilines is 2. The van der Waals surface area contributed by atoms with Crippen molar-refractivity contribution in [3.8, 4) is 0 Å². The van der Waals surface area contributed by atoms with Crippen molar-refractivity contribution in [3.63, 3.8) is 0 Å². The van der Waals surface area contributed by atoms with Crippen molar-refractivity contribution >= 4 is 28.2 Å². The molecule has 0 radical (unpaired) electrons. The molecule has 0 saturated heterocycles. The van der Waals surface area contributed by atoms with E-state index in [1.165, 1.54) is 11.3 Å². The summed E-state index contributed by atoms with van der Waals surface area (Å²) in [6, 6.07) is 3.47. The molecule has 0 aliphatic carbocycles. The third kappa shape index (κ3) is 3.05. The Bertz CT molecular complexity index is 581. The van der Waals surface area contributed by atoms with Gasteiger partial charge in [0.05, 0.1) is 5.56 Å². The lowest BCUT2D eigenvalue weighted by atomic mass is 10.2. The number of hydrogen-bond acceptors (Lipinski definition) is 6.